The van der Waals surface area contributed by atoms with Crippen LogP contribution in [-0.4, -0.2) is 81.7 Å². The van der Waals surface area contributed by atoms with Crippen LogP contribution in [0.2, 0.25) is 10.0 Å². The molecule has 0 aliphatic carbocycles. The predicted molar refractivity (Wildman–Crippen MR) is 114 cm³/mol. The Labute approximate surface area is 178 Å². The second kappa shape index (κ2) is 10.9. The van der Waals surface area contributed by atoms with E-state index in [-0.39, 0.29) is 33.7 Å². The summed E-state index contributed by atoms with van der Waals surface area (Å²) in [5.41, 5.74) is 0. The largest absolute Gasteiger partial charge is 0.304 e. The Bertz CT molecular complexity index is 766. The molecule has 0 spiro atoms. The summed E-state index contributed by atoms with van der Waals surface area (Å²) in [4.78, 5) is 16.8. The lowest BCUT2D eigenvalue weighted by molar-refractivity contribution is -0.119. The van der Waals surface area contributed by atoms with Gasteiger partial charge < -0.3 is 9.80 Å². The van der Waals surface area contributed by atoms with Crippen molar-refractivity contribution >= 4 is 39.0 Å². The minimum atomic E-state index is -3.78. The lowest BCUT2D eigenvalue weighted by Gasteiger charge is -2.32. The van der Waals surface area contributed by atoms with E-state index in [0.29, 0.717) is 6.42 Å². The topological polar surface area (TPSA) is 60.9 Å². The molecule has 0 amide bonds. The molecule has 1 aromatic rings. The molecule has 2 rings (SSSR count). The van der Waals surface area contributed by atoms with Crippen molar-refractivity contribution in [3.8, 4) is 0 Å². The SMILES string of the molecule is CN1CCN(CCCCC(=O)CCN(C)S(=O)(=O)c2cccc(Cl)c2Cl)CC1. The highest BCUT2D eigenvalue weighted by Crippen LogP contribution is 2.30. The molecule has 1 saturated heterocycles. The number of likely N-dealkylation sites (N-methyl/N-ethyl adjacent to an activating group) is 1. The summed E-state index contributed by atoms with van der Waals surface area (Å²) in [7, 11) is -0.194. The first-order valence-electron chi connectivity index (χ1n) is 9.55. The van der Waals surface area contributed by atoms with Crippen LogP contribution in [0.25, 0.3) is 0 Å². The second-order valence-electron chi connectivity index (χ2n) is 7.27. The normalized spacial score (nSPS) is 16.6. The summed E-state index contributed by atoms with van der Waals surface area (Å²) in [5.74, 6) is 0.0811. The zero-order valence-electron chi connectivity index (χ0n) is 16.5. The van der Waals surface area contributed by atoms with Crippen molar-refractivity contribution in [3.05, 3.63) is 28.2 Å². The van der Waals surface area contributed by atoms with Gasteiger partial charge in [0.25, 0.3) is 0 Å². The maximum Gasteiger partial charge on any atom is 0.244 e. The van der Waals surface area contributed by atoms with Crippen LogP contribution in [0, 0.1) is 0 Å². The minimum absolute atomic E-state index is 0.00579. The van der Waals surface area contributed by atoms with Crippen LogP contribution in [0.5, 0.6) is 0 Å². The molecule has 6 nitrogen and oxygen atoms in total. The summed E-state index contributed by atoms with van der Waals surface area (Å²) >= 11 is 11.9. The first-order valence-corrected chi connectivity index (χ1v) is 11.7. The van der Waals surface area contributed by atoms with E-state index < -0.39 is 10.0 Å². The number of Topliss-reactive ketones (excluding diaryl/α,β-unsaturated/α-hetero) is 1. The van der Waals surface area contributed by atoms with Gasteiger partial charge in [0.2, 0.25) is 10.0 Å². The Balaban J connectivity index is 1.72. The van der Waals surface area contributed by atoms with Gasteiger partial charge in [-0.2, -0.15) is 0 Å². The molecule has 1 heterocycles. The smallest absolute Gasteiger partial charge is 0.244 e. The van der Waals surface area contributed by atoms with Crippen molar-refractivity contribution in [1.82, 2.24) is 14.1 Å². The second-order valence-corrected chi connectivity index (χ2v) is 10.1. The lowest BCUT2D eigenvalue weighted by Crippen LogP contribution is -2.44. The number of piperazine rings is 1. The fourth-order valence-electron chi connectivity index (χ4n) is 3.11. The minimum Gasteiger partial charge on any atom is -0.304 e. The van der Waals surface area contributed by atoms with Crippen LogP contribution in [0.1, 0.15) is 25.7 Å². The number of carbonyl (C=O) groups is 1. The summed E-state index contributed by atoms with van der Waals surface area (Å²) < 4.78 is 26.4. The van der Waals surface area contributed by atoms with Gasteiger partial charge in [-0.1, -0.05) is 29.3 Å². The summed E-state index contributed by atoms with van der Waals surface area (Å²) in [5, 5.41) is 0.193. The summed E-state index contributed by atoms with van der Waals surface area (Å²) in [6, 6.07) is 4.50. The molecule has 0 radical (unpaired) electrons. The number of nitrogens with zero attached hydrogens (tertiary/aromatic N) is 3. The Hall–Kier alpha value is -0.700. The zero-order valence-corrected chi connectivity index (χ0v) is 18.9. The Morgan fingerprint density at radius 3 is 2.46 bits per heavy atom. The molecule has 1 aliphatic rings. The average molecular weight is 450 g/mol. The molecular formula is C19H29Cl2N3O3S. The van der Waals surface area contributed by atoms with E-state index in [4.69, 9.17) is 23.2 Å². The quantitative estimate of drug-likeness (QED) is 0.513. The maximum absolute atomic E-state index is 12.6. The van der Waals surface area contributed by atoms with E-state index >= 15 is 0 Å². The van der Waals surface area contributed by atoms with Crippen LogP contribution < -0.4 is 0 Å². The molecule has 0 unspecified atom stereocenters. The number of sulfonamides is 1. The molecule has 1 aromatic carbocycles. The Morgan fingerprint density at radius 1 is 1.11 bits per heavy atom. The molecule has 0 bridgehead atoms. The van der Waals surface area contributed by atoms with Crippen molar-refractivity contribution in [2.24, 2.45) is 0 Å². The predicted octanol–water partition coefficient (Wildman–Crippen LogP) is 2.99. The van der Waals surface area contributed by atoms with Gasteiger partial charge in [-0.3, -0.25) is 4.79 Å². The average Bonchev–Trinajstić information content (AvgIpc) is 2.66. The van der Waals surface area contributed by atoms with Crippen molar-refractivity contribution < 1.29 is 13.2 Å². The van der Waals surface area contributed by atoms with Gasteiger partial charge in [0.1, 0.15) is 10.7 Å². The summed E-state index contributed by atoms with van der Waals surface area (Å²) in [6.07, 6.45) is 2.51. The van der Waals surface area contributed by atoms with Gasteiger partial charge in [-0.15, -0.1) is 0 Å². The third-order valence-corrected chi connectivity index (χ3v) is 7.92. The molecule has 0 N–H and O–H groups in total. The van der Waals surface area contributed by atoms with Crippen LogP contribution >= 0.6 is 23.2 Å². The first-order chi connectivity index (χ1) is 13.2. The third kappa shape index (κ3) is 6.68. The number of unbranched alkanes of at least 4 members (excludes halogenated alkanes) is 1. The maximum atomic E-state index is 12.6. The Kier molecular flexibility index (Phi) is 9.18. The van der Waals surface area contributed by atoms with E-state index in [1.807, 2.05) is 0 Å². The standard InChI is InChI=1S/C19H29Cl2N3O3S/c1-22-12-14-24(15-13-22)10-4-3-6-16(25)9-11-23(2)28(26,27)18-8-5-7-17(20)19(18)21/h5,7-8H,3-4,6,9-15H2,1-2H3. The van der Waals surface area contributed by atoms with Crippen LogP contribution in [0.4, 0.5) is 0 Å². The molecular weight excluding hydrogens is 421 g/mol. The fourth-order valence-corrected chi connectivity index (χ4v) is 5.01. The highest BCUT2D eigenvalue weighted by atomic mass is 35.5. The molecule has 0 aromatic heterocycles. The number of hydrogen-bond donors (Lipinski definition) is 0. The van der Waals surface area contributed by atoms with Crippen LogP contribution in [-0.2, 0) is 14.8 Å². The molecule has 28 heavy (non-hydrogen) atoms. The fraction of sp³-hybridized carbons (Fsp3) is 0.632. The molecule has 0 atom stereocenters. The van der Waals surface area contributed by atoms with Crippen LogP contribution in [0.15, 0.2) is 23.1 Å². The van der Waals surface area contributed by atoms with E-state index in [1.54, 1.807) is 6.07 Å². The molecule has 1 aliphatic heterocycles. The van der Waals surface area contributed by atoms with E-state index in [1.165, 1.54) is 19.2 Å². The van der Waals surface area contributed by atoms with Crippen molar-refractivity contribution in [2.75, 3.05) is 53.4 Å². The van der Waals surface area contributed by atoms with Gasteiger partial charge in [-0.05, 0) is 38.6 Å². The van der Waals surface area contributed by atoms with Gasteiger partial charge in [0.15, 0.2) is 0 Å². The first kappa shape index (κ1) is 23.6. The lowest BCUT2D eigenvalue weighted by atomic mass is 10.1. The highest BCUT2D eigenvalue weighted by Gasteiger charge is 2.25. The van der Waals surface area contributed by atoms with E-state index in [2.05, 4.69) is 16.8 Å². The van der Waals surface area contributed by atoms with Gasteiger partial charge in [0, 0.05) is 52.6 Å². The number of rotatable bonds is 10. The van der Waals surface area contributed by atoms with E-state index in [9.17, 15) is 13.2 Å². The highest BCUT2D eigenvalue weighted by molar-refractivity contribution is 7.89. The number of ketones is 1. The number of benzene rings is 1. The monoisotopic (exact) mass is 449 g/mol. The zero-order chi connectivity index (χ0) is 20.7. The van der Waals surface area contributed by atoms with Crippen LogP contribution in [0.3, 0.4) is 0 Å². The molecule has 158 valence electrons. The van der Waals surface area contributed by atoms with Gasteiger partial charge in [0.05, 0.1) is 10.0 Å². The van der Waals surface area contributed by atoms with Gasteiger partial charge in [-0.25, -0.2) is 12.7 Å². The molecule has 9 heteroatoms. The molecule has 1 fully saturated rings. The Morgan fingerprint density at radius 2 is 1.79 bits per heavy atom. The molecule has 0 saturated carbocycles. The number of carbonyl (C=O) groups excluding carboxylic acids is 1. The number of halogens is 2. The number of hydrogen-bond acceptors (Lipinski definition) is 5. The van der Waals surface area contributed by atoms with Crippen molar-refractivity contribution in [2.45, 2.75) is 30.6 Å². The van der Waals surface area contributed by atoms with E-state index in [0.717, 1.165) is 49.9 Å². The van der Waals surface area contributed by atoms with Crippen molar-refractivity contribution in [1.29, 1.82) is 0 Å². The van der Waals surface area contributed by atoms with Gasteiger partial charge >= 0.3 is 0 Å². The third-order valence-electron chi connectivity index (χ3n) is 5.09. The van der Waals surface area contributed by atoms with Crippen molar-refractivity contribution in [3.63, 3.8) is 0 Å². The summed E-state index contributed by atoms with van der Waals surface area (Å²) in [6.45, 7) is 5.50.